The first kappa shape index (κ1) is 19.2. The molecule has 5 nitrogen and oxygen atoms in total. The van der Waals surface area contributed by atoms with Crippen molar-refractivity contribution in [3.63, 3.8) is 0 Å². The van der Waals surface area contributed by atoms with Crippen LogP contribution in [0.1, 0.15) is 58.6 Å². The average molecular weight is 368 g/mol. The lowest BCUT2D eigenvalue weighted by atomic mass is 9.82. The summed E-state index contributed by atoms with van der Waals surface area (Å²) in [6.45, 7) is 8.05. The molecular weight excluding hydrogens is 340 g/mol. The second-order valence-electron chi connectivity index (χ2n) is 8.24. The van der Waals surface area contributed by atoms with Gasteiger partial charge in [0.1, 0.15) is 0 Å². The lowest BCUT2D eigenvalue weighted by Gasteiger charge is -2.28. The van der Waals surface area contributed by atoms with E-state index in [9.17, 15) is 14.7 Å². The van der Waals surface area contributed by atoms with E-state index in [-0.39, 0.29) is 11.4 Å². The normalized spacial score (nSPS) is 18.0. The molecule has 27 heavy (non-hydrogen) atoms. The highest BCUT2D eigenvalue weighted by Gasteiger charge is 2.46. The number of benzene rings is 1. The molecule has 0 fully saturated rings. The monoisotopic (exact) mass is 368 g/mol. The number of hydrogen-bond donors (Lipinski definition) is 2. The molecule has 144 valence electrons. The van der Waals surface area contributed by atoms with Crippen molar-refractivity contribution in [2.45, 2.75) is 53.0 Å². The van der Waals surface area contributed by atoms with Gasteiger partial charge in [-0.15, -0.1) is 0 Å². The topological polar surface area (TPSA) is 73.4 Å². The minimum Gasteiger partial charge on any atom is -0.503 e. The Kier molecular flexibility index (Phi) is 5.13. The van der Waals surface area contributed by atoms with Crippen LogP contribution in [0.4, 0.5) is 0 Å². The number of carbonyl (C=O) groups excluding carboxylic acids is 2. The number of aliphatic hydroxyl groups excluding tert-OH is 1. The number of aliphatic hydroxyl groups is 1. The Balaban J connectivity index is 2.12. The SMILES string of the molecule is CCCCCN1C(=O)C(O)=C(C(=O)C(C)(C)C)C1c1c[nH]c2ccccc12. The Morgan fingerprint density at radius 3 is 2.59 bits per heavy atom. The molecule has 2 N–H and O–H groups in total. The van der Waals surface area contributed by atoms with Gasteiger partial charge in [-0.05, 0) is 12.5 Å². The standard InChI is InChI=1S/C22H28N2O3/c1-5-6-9-12-24-18(15-13-23-16-11-8-7-10-14(15)16)17(19(25)21(24)27)20(26)22(2,3)4/h7-8,10-11,13,18,23,25H,5-6,9,12H2,1-4H3. The summed E-state index contributed by atoms with van der Waals surface area (Å²) in [6.07, 6.45) is 4.72. The summed E-state index contributed by atoms with van der Waals surface area (Å²) in [5, 5.41) is 11.6. The summed E-state index contributed by atoms with van der Waals surface area (Å²) in [6, 6.07) is 7.26. The van der Waals surface area contributed by atoms with Gasteiger partial charge in [0.15, 0.2) is 11.5 Å². The van der Waals surface area contributed by atoms with Crippen LogP contribution in [0.5, 0.6) is 0 Å². The van der Waals surface area contributed by atoms with Crippen molar-refractivity contribution in [1.29, 1.82) is 0 Å². The number of unbranched alkanes of at least 4 members (excludes halogenated alkanes) is 2. The fourth-order valence-electron chi connectivity index (χ4n) is 3.70. The summed E-state index contributed by atoms with van der Waals surface area (Å²) < 4.78 is 0. The number of para-hydroxylation sites is 1. The van der Waals surface area contributed by atoms with Gasteiger partial charge in [0, 0.05) is 34.6 Å². The number of nitrogens with one attached hydrogen (secondary N) is 1. The molecule has 0 saturated carbocycles. The van der Waals surface area contributed by atoms with Gasteiger partial charge in [0.25, 0.3) is 5.91 Å². The molecule has 2 aromatic rings. The van der Waals surface area contributed by atoms with Crippen molar-refractivity contribution in [2.75, 3.05) is 6.54 Å². The molecule has 1 aromatic heterocycles. The summed E-state index contributed by atoms with van der Waals surface area (Å²) in [4.78, 5) is 30.9. The van der Waals surface area contributed by atoms with E-state index >= 15 is 0 Å². The summed E-state index contributed by atoms with van der Waals surface area (Å²) in [5.41, 5.74) is 1.33. The lowest BCUT2D eigenvalue weighted by Crippen LogP contribution is -2.33. The summed E-state index contributed by atoms with van der Waals surface area (Å²) in [5.74, 6) is -1.04. The van der Waals surface area contributed by atoms with E-state index < -0.39 is 23.1 Å². The number of fused-ring (bicyclic) bond motifs is 1. The largest absolute Gasteiger partial charge is 0.503 e. The Bertz CT molecular complexity index is 902. The van der Waals surface area contributed by atoms with Crippen LogP contribution in [-0.4, -0.2) is 33.2 Å². The van der Waals surface area contributed by atoms with Crippen LogP contribution in [-0.2, 0) is 9.59 Å². The van der Waals surface area contributed by atoms with Gasteiger partial charge in [-0.25, -0.2) is 0 Å². The van der Waals surface area contributed by atoms with E-state index in [1.807, 2.05) is 51.2 Å². The van der Waals surface area contributed by atoms with Crippen LogP contribution < -0.4 is 0 Å². The Morgan fingerprint density at radius 1 is 1.22 bits per heavy atom. The van der Waals surface area contributed by atoms with Crippen molar-refractivity contribution in [3.8, 4) is 0 Å². The van der Waals surface area contributed by atoms with Gasteiger partial charge in [-0.2, -0.15) is 0 Å². The fourth-order valence-corrected chi connectivity index (χ4v) is 3.70. The molecule has 0 aliphatic carbocycles. The van der Waals surface area contributed by atoms with Crippen molar-refractivity contribution >= 4 is 22.6 Å². The van der Waals surface area contributed by atoms with Crippen molar-refractivity contribution in [3.05, 3.63) is 47.4 Å². The number of Topliss-reactive ketones (excluding diaryl/α,β-unsaturated/α-hetero) is 1. The number of rotatable bonds is 6. The molecule has 1 atom stereocenters. The molecule has 1 aromatic carbocycles. The minimum absolute atomic E-state index is 0.193. The zero-order valence-electron chi connectivity index (χ0n) is 16.5. The quantitative estimate of drug-likeness (QED) is 0.728. The number of ketones is 1. The van der Waals surface area contributed by atoms with Crippen LogP contribution in [0.15, 0.2) is 41.8 Å². The molecule has 1 aliphatic rings. The van der Waals surface area contributed by atoms with Gasteiger partial charge in [0.2, 0.25) is 0 Å². The highest BCUT2D eigenvalue weighted by molar-refractivity contribution is 6.11. The van der Waals surface area contributed by atoms with Crippen LogP contribution in [0.3, 0.4) is 0 Å². The molecule has 0 saturated heterocycles. The minimum atomic E-state index is -0.687. The predicted octanol–water partition coefficient (Wildman–Crippen LogP) is 4.67. The zero-order valence-corrected chi connectivity index (χ0v) is 16.5. The fraction of sp³-hybridized carbons (Fsp3) is 0.455. The highest BCUT2D eigenvalue weighted by atomic mass is 16.3. The first-order valence-electron chi connectivity index (χ1n) is 9.62. The third kappa shape index (κ3) is 3.38. The van der Waals surface area contributed by atoms with Gasteiger partial charge in [0.05, 0.1) is 11.6 Å². The maximum absolute atomic E-state index is 13.1. The molecule has 0 spiro atoms. The van der Waals surface area contributed by atoms with Crippen LogP contribution >= 0.6 is 0 Å². The molecule has 1 unspecified atom stereocenters. The number of nitrogens with zero attached hydrogens (tertiary/aromatic N) is 1. The lowest BCUT2D eigenvalue weighted by molar-refractivity contribution is -0.129. The van der Waals surface area contributed by atoms with Gasteiger partial charge >= 0.3 is 0 Å². The molecular formula is C22H28N2O3. The van der Waals surface area contributed by atoms with Crippen LogP contribution in [0, 0.1) is 5.41 Å². The molecule has 1 aliphatic heterocycles. The summed E-state index contributed by atoms with van der Waals surface area (Å²) in [7, 11) is 0. The third-order valence-electron chi connectivity index (χ3n) is 5.15. The average Bonchev–Trinajstić information content (AvgIpc) is 3.14. The third-order valence-corrected chi connectivity index (χ3v) is 5.15. The molecule has 2 heterocycles. The van der Waals surface area contributed by atoms with Crippen molar-refractivity contribution < 1.29 is 14.7 Å². The first-order valence-corrected chi connectivity index (χ1v) is 9.62. The van der Waals surface area contributed by atoms with Crippen LogP contribution in [0.25, 0.3) is 10.9 Å². The van der Waals surface area contributed by atoms with E-state index in [4.69, 9.17) is 0 Å². The van der Waals surface area contributed by atoms with Gasteiger partial charge in [-0.3, -0.25) is 9.59 Å². The molecule has 3 rings (SSSR count). The van der Waals surface area contributed by atoms with E-state index in [0.717, 1.165) is 35.7 Å². The number of aromatic nitrogens is 1. The first-order chi connectivity index (χ1) is 12.8. The Labute approximate surface area is 160 Å². The molecule has 0 bridgehead atoms. The van der Waals surface area contributed by atoms with E-state index in [1.54, 1.807) is 4.90 Å². The van der Waals surface area contributed by atoms with E-state index in [1.165, 1.54) is 0 Å². The van der Waals surface area contributed by atoms with Crippen molar-refractivity contribution in [1.82, 2.24) is 9.88 Å². The predicted molar refractivity (Wildman–Crippen MR) is 106 cm³/mol. The molecule has 1 amide bonds. The number of hydrogen-bond acceptors (Lipinski definition) is 3. The van der Waals surface area contributed by atoms with E-state index in [2.05, 4.69) is 11.9 Å². The Hall–Kier alpha value is -2.56. The number of amides is 1. The molecule has 5 heteroatoms. The van der Waals surface area contributed by atoms with Crippen LogP contribution in [0.2, 0.25) is 0 Å². The maximum Gasteiger partial charge on any atom is 0.290 e. The number of H-pyrrole nitrogens is 1. The second kappa shape index (κ2) is 7.22. The molecule has 0 radical (unpaired) electrons. The Morgan fingerprint density at radius 2 is 1.93 bits per heavy atom. The number of aromatic amines is 1. The highest BCUT2D eigenvalue weighted by Crippen LogP contribution is 2.43. The second-order valence-corrected chi connectivity index (χ2v) is 8.24. The van der Waals surface area contributed by atoms with Gasteiger partial charge in [-0.1, -0.05) is 58.7 Å². The van der Waals surface area contributed by atoms with Crippen molar-refractivity contribution in [2.24, 2.45) is 5.41 Å². The zero-order chi connectivity index (χ0) is 19.8. The smallest absolute Gasteiger partial charge is 0.290 e. The number of carbonyl (C=O) groups is 2. The van der Waals surface area contributed by atoms with Gasteiger partial charge < -0.3 is 15.0 Å². The maximum atomic E-state index is 13.1. The summed E-state index contributed by atoms with van der Waals surface area (Å²) >= 11 is 0. The van der Waals surface area contributed by atoms with E-state index in [0.29, 0.717) is 6.54 Å².